The molecule has 1 fully saturated rings. The summed E-state index contributed by atoms with van der Waals surface area (Å²) >= 11 is 1.70. The van der Waals surface area contributed by atoms with Gasteiger partial charge in [-0.05, 0) is 37.5 Å². The van der Waals surface area contributed by atoms with Crippen molar-refractivity contribution in [2.24, 2.45) is 0 Å². The van der Waals surface area contributed by atoms with Gasteiger partial charge in [0.15, 0.2) is 0 Å². The number of thiazole rings is 1. The predicted octanol–water partition coefficient (Wildman–Crippen LogP) is 4.25. The van der Waals surface area contributed by atoms with Crippen LogP contribution in [-0.2, 0) is 11.3 Å². The molecule has 26 heavy (non-hydrogen) atoms. The van der Waals surface area contributed by atoms with Crippen LogP contribution in [0.1, 0.15) is 61.0 Å². The molecule has 1 aromatic carbocycles. The first-order valence-electron chi connectivity index (χ1n) is 9.19. The summed E-state index contributed by atoms with van der Waals surface area (Å²) in [4.78, 5) is 20.4. The van der Waals surface area contributed by atoms with Crippen LogP contribution in [0.15, 0.2) is 30.5 Å². The SMILES string of the molecule is CC(C)c1ncc(CNC2CCCN(C(C)c3ccc(F)cc3)C2=O)s1. The summed E-state index contributed by atoms with van der Waals surface area (Å²) < 4.78 is 13.1. The van der Waals surface area contributed by atoms with Gasteiger partial charge in [-0.2, -0.15) is 0 Å². The third-order valence-electron chi connectivity index (χ3n) is 4.88. The van der Waals surface area contributed by atoms with E-state index in [1.807, 2.05) is 18.0 Å². The quantitative estimate of drug-likeness (QED) is 0.821. The second-order valence-corrected chi connectivity index (χ2v) is 8.30. The number of rotatable bonds is 6. The van der Waals surface area contributed by atoms with Gasteiger partial charge in [-0.25, -0.2) is 9.37 Å². The van der Waals surface area contributed by atoms with E-state index in [1.165, 1.54) is 12.1 Å². The Balaban J connectivity index is 1.62. The molecule has 1 aliphatic rings. The molecule has 4 nitrogen and oxygen atoms in total. The zero-order chi connectivity index (χ0) is 18.7. The minimum Gasteiger partial charge on any atom is -0.335 e. The number of nitrogens with one attached hydrogen (secondary N) is 1. The van der Waals surface area contributed by atoms with Crippen LogP contribution in [-0.4, -0.2) is 28.4 Å². The van der Waals surface area contributed by atoms with Crippen molar-refractivity contribution in [2.75, 3.05) is 6.54 Å². The van der Waals surface area contributed by atoms with E-state index in [4.69, 9.17) is 0 Å². The van der Waals surface area contributed by atoms with E-state index in [1.54, 1.807) is 23.5 Å². The number of amides is 1. The van der Waals surface area contributed by atoms with Crippen molar-refractivity contribution in [3.63, 3.8) is 0 Å². The first-order valence-corrected chi connectivity index (χ1v) is 10.0. The Morgan fingerprint density at radius 3 is 2.69 bits per heavy atom. The molecule has 6 heteroatoms. The Kier molecular flexibility index (Phi) is 6.04. The monoisotopic (exact) mass is 375 g/mol. The van der Waals surface area contributed by atoms with Gasteiger partial charge in [0.05, 0.1) is 17.1 Å². The van der Waals surface area contributed by atoms with Crippen molar-refractivity contribution >= 4 is 17.2 Å². The molecular formula is C20H26FN3OS. The molecule has 140 valence electrons. The topological polar surface area (TPSA) is 45.2 Å². The van der Waals surface area contributed by atoms with E-state index in [0.29, 0.717) is 12.5 Å². The molecule has 1 saturated heterocycles. The van der Waals surface area contributed by atoms with Gasteiger partial charge in [-0.1, -0.05) is 26.0 Å². The van der Waals surface area contributed by atoms with Gasteiger partial charge >= 0.3 is 0 Å². The van der Waals surface area contributed by atoms with Gasteiger partial charge in [0.2, 0.25) is 5.91 Å². The Morgan fingerprint density at radius 2 is 2.04 bits per heavy atom. The zero-order valence-corrected chi connectivity index (χ0v) is 16.4. The molecule has 3 rings (SSSR count). The normalized spacial score (nSPS) is 19.2. The average Bonchev–Trinajstić information content (AvgIpc) is 3.10. The number of benzene rings is 1. The van der Waals surface area contributed by atoms with Crippen LogP contribution in [0, 0.1) is 5.82 Å². The summed E-state index contributed by atoms with van der Waals surface area (Å²) in [5.74, 6) is 0.301. The summed E-state index contributed by atoms with van der Waals surface area (Å²) in [5, 5.41) is 4.53. The molecule has 0 saturated carbocycles. The number of hydrogen-bond acceptors (Lipinski definition) is 4. The van der Waals surface area contributed by atoms with Crippen molar-refractivity contribution in [2.45, 2.75) is 58.2 Å². The highest BCUT2D eigenvalue weighted by Gasteiger charge is 2.31. The highest BCUT2D eigenvalue weighted by Crippen LogP contribution is 2.26. The Morgan fingerprint density at radius 1 is 1.31 bits per heavy atom. The lowest BCUT2D eigenvalue weighted by Gasteiger charge is -2.37. The Labute approximate surface area is 158 Å². The van der Waals surface area contributed by atoms with E-state index in [-0.39, 0.29) is 23.8 Å². The van der Waals surface area contributed by atoms with Crippen molar-refractivity contribution in [1.82, 2.24) is 15.2 Å². The van der Waals surface area contributed by atoms with E-state index in [2.05, 4.69) is 24.1 Å². The smallest absolute Gasteiger partial charge is 0.240 e. The summed E-state index contributed by atoms with van der Waals surface area (Å²) in [7, 11) is 0. The second kappa shape index (κ2) is 8.27. The Bertz CT molecular complexity index is 744. The lowest BCUT2D eigenvalue weighted by Crippen LogP contribution is -2.51. The largest absolute Gasteiger partial charge is 0.335 e. The molecule has 1 aliphatic heterocycles. The van der Waals surface area contributed by atoms with Crippen LogP contribution in [0.5, 0.6) is 0 Å². The third kappa shape index (κ3) is 4.30. The van der Waals surface area contributed by atoms with Crippen LogP contribution < -0.4 is 5.32 Å². The molecule has 0 bridgehead atoms. The summed E-state index contributed by atoms with van der Waals surface area (Å²) in [6, 6.07) is 6.20. The molecule has 1 aromatic heterocycles. The number of hydrogen-bond donors (Lipinski definition) is 1. The van der Waals surface area contributed by atoms with Crippen LogP contribution >= 0.6 is 11.3 Å². The van der Waals surface area contributed by atoms with Crippen molar-refractivity contribution in [3.05, 3.63) is 51.7 Å². The molecule has 2 heterocycles. The predicted molar refractivity (Wildman–Crippen MR) is 103 cm³/mol. The van der Waals surface area contributed by atoms with E-state index in [0.717, 1.165) is 34.8 Å². The molecule has 2 aromatic rings. The van der Waals surface area contributed by atoms with Gasteiger partial charge in [0.25, 0.3) is 0 Å². The maximum atomic E-state index is 13.1. The van der Waals surface area contributed by atoms with E-state index < -0.39 is 0 Å². The molecule has 1 amide bonds. The van der Waals surface area contributed by atoms with E-state index in [9.17, 15) is 9.18 Å². The molecule has 1 N–H and O–H groups in total. The molecule has 0 aliphatic carbocycles. The first-order chi connectivity index (χ1) is 12.5. The lowest BCUT2D eigenvalue weighted by molar-refractivity contribution is -0.138. The minimum absolute atomic E-state index is 0.0522. The van der Waals surface area contributed by atoms with Gasteiger partial charge in [-0.3, -0.25) is 4.79 Å². The van der Waals surface area contributed by atoms with Crippen LogP contribution in [0.2, 0.25) is 0 Å². The van der Waals surface area contributed by atoms with Crippen LogP contribution in [0.3, 0.4) is 0 Å². The fourth-order valence-electron chi connectivity index (χ4n) is 3.29. The lowest BCUT2D eigenvalue weighted by atomic mass is 9.99. The summed E-state index contributed by atoms with van der Waals surface area (Å²) in [6.45, 7) is 7.68. The number of carbonyl (C=O) groups is 1. The average molecular weight is 376 g/mol. The molecule has 2 atom stereocenters. The van der Waals surface area contributed by atoms with Crippen LogP contribution in [0.4, 0.5) is 4.39 Å². The van der Waals surface area contributed by atoms with Crippen LogP contribution in [0.25, 0.3) is 0 Å². The number of aromatic nitrogens is 1. The number of likely N-dealkylation sites (tertiary alicyclic amines) is 1. The number of piperidine rings is 1. The third-order valence-corrected chi connectivity index (χ3v) is 6.18. The van der Waals surface area contributed by atoms with Gasteiger partial charge in [0.1, 0.15) is 5.82 Å². The van der Waals surface area contributed by atoms with Gasteiger partial charge in [-0.15, -0.1) is 11.3 Å². The highest BCUT2D eigenvalue weighted by molar-refractivity contribution is 7.11. The number of nitrogens with zero attached hydrogens (tertiary/aromatic N) is 2. The zero-order valence-electron chi connectivity index (χ0n) is 15.5. The minimum atomic E-state index is -0.254. The van der Waals surface area contributed by atoms with Gasteiger partial charge < -0.3 is 10.2 Å². The van der Waals surface area contributed by atoms with Gasteiger partial charge in [0, 0.05) is 30.1 Å². The standard InChI is InChI=1S/C20H26FN3OS/c1-13(2)19-23-12-17(26-19)11-22-18-5-4-10-24(20(18)25)14(3)15-6-8-16(21)9-7-15/h6-9,12-14,18,22H,4-5,10-11H2,1-3H3. The highest BCUT2D eigenvalue weighted by atomic mass is 32.1. The molecule has 0 spiro atoms. The molecule has 0 radical (unpaired) electrons. The number of halogens is 1. The van der Waals surface area contributed by atoms with Crippen molar-refractivity contribution in [3.8, 4) is 0 Å². The Hall–Kier alpha value is -1.79. The molecule has 2 unspecified atom stereocenters. The fraction of sp³-hybridized carbons (Fsp3) is 0.500. The summed E-state index contributed by atoms with van der Waals surface area (Å²) in [6.07, 6.45) is 3.72. The maximum Gasteiger partial charge on any atom is 0.240 e. The summed E-state index contributed by atoms with van der Waals surface area (Å²) in [5.41, 5.74) is 0.962. The number of carbonyl (C=O) groups excluding carboxylic acids is 1. The second-order valence-electron chi connectivity index (χ2n) is 7.15. The van der Waals surface area contributed by atoms with Crippen molar-refractivity contribution < 1.29 is 9.18 Å². The fourth-order valence-corrected chi connectivity index (χ4v) is 4.16. The van der Waals surface area contributed by atoms with Crippen molar-refractivity contribution in [1.29, 1.82) is 0 Å². The first kappa shape index (κ1) is 19.0. The maximum absolute atomic E-state index is 13.1. The van der Waals surface area contributed by atoms with E-state index >= 15 is 0 Å². The molecular weight excluding hydrogens is 349 g/mol.